The van der Waals surface area contributed by atoms with Crippen LogP contribution in [0.1, 0.15) is 0 Å². The first-order valence-corrected chi connectivity index (χ1v) is 5.37. The molecule has 0 amide bonds. The predicted octanol–water partition coefficient (Wildman–Crippen LogP) is 3.09. The van der Waals surface area contributed by atoms with Gasteiger partial charge >= 0.3 is 12.1 Å². The van der Waals surface area contributed by atoms with Gasteiger partial charge in [-0.3, -0.25) is 0 Å². The van der Waals surface area contributed by atoms with Crippen LogP contribution in [0.2, 0.25) is 0 Å². The van der Waals surface area contributed by atoms with Crippen molar-refractivity contribution in [3.05, 3.63) is 35.9 Å². The van der Waals surface area contributed by atoms with Crippen LogP contribution in [0, 0.1) is 0 Å². The average Bonchev–Trinajstić information content (AvgIpc) is 2.28. The molecule has 1 aromatic rings. The van der Waals surface area contributed by atoms with Crippen LogP contribution in [-0.4, -0.2) is 12.1 Å². The van der Waals surface area contributed by atoms with E-state index < -0.39 is 12.1 Å². The highest BCUT2D eigenvalue weighted by molar-refractivity contribution is 8.02. The number of hydrogen-bond donors (Lipinski definition) is 0. The number of hydrogen-bond acceptors (Lipinski definition) is 4. The minimum absolute atomic E-state index is 0.401. The lowest BCUT2D eigenvalue weighted by atomic mass is 10.3. The van der Waals surface area contributed by atoms with Gasteiger partial charge in [0.05, 0.1) is 11.9 Å². The number of halogens is 3. The van der Waals surface area contributed by atoms with Crippen molar-refractivity contribution < 1.29 is 22.8 Å². The SMILES string of the molecule is O=C(ON1C=CSc2ccccc21)C(F)(F)F. The first-order valence-electron chi connectivity index (χ1n) is 4.49. The van der Waals surface area contributed by atoms with E-state index in [0.717, 1.165) is 5.06 Å². The molecule has 1 aromatic carbocycles. The Balaban J connectivity index is 2.20. The second-order valence-electron chi connectivity index (χ2n) is 3.07. The summed E-state index contributed by atoms with van der Waals surface area (Å²) in [5, 5.41) is 2.34. The van der Waals surface area contributed by atoms with Gasteiger partial charge in [0.2, 0.25) is 0 Å². The van der Waals surface area contributed by atoms with Crippen LogP contribution in [0.5, 0.6) is 0 Å². The van der Waals surface area contributed by atoms with E-state index in [9.17, 15) is 18.0 Å². The van der Waals surface area contributed by atoms with Gasteiger partial charge in [-0.2, -0.15) is 18.2 Å². The maximum absolute atomic E-state index is 12.0. The maximum atomic E-state index is 12.0. The van der Waals surface area contributed by atoms with Crippen molar-refractivity contribution in [1.29, 1.82) is 0 Å². The number of hydroxylamine groups is 1. The summed E-state index contributed by atoms with van der Waals surface area (Å²) in [7, 11) is 0. The number of alkyl halides is 3. The first-order chi connectivity index (χ1) is 7.98. The zero-order chi connectivity index (χ0) is 12.5. The molecule has 3 nitrogen and oxygen atoms in total. The minimum Gasteiger partial charge on any atom is -0.328 e. The third-order valence-electron chi connectivity index (χ3n) is 1.91. The van der Waals surface area contributed by atoms with Gasteiger partial charge in [0.15, 0.2) is 0 Å². The quantitative estimate of drug-likeness (QED) is 0.777. The fourth-order valence-corrected chi connectivity index (χ4v) is 1.95. The van der Waals surface area contributed by atoms with E-state index in [1.807, 2.05) is 0 Å². The summed E-state index contributed by atoms with van der Waals surface area (Å²) in [6.45, 7) is 0. The number of para-hydroxylation sites is 1. The van der Waals surface area contributed by atoms with Gasteiger partial charge in [0.1, 0.15) is 0 Å². The molecule has 0 radical (unpaired) electrons. The number of carbonyl (C=O) groups excluding carboxylic acids is 1. The van der Waals surface area contributed by atoms with Gasteiger partial charge in [-0.15, -0.1) is 0 Å². The summed E-state index contributed by atoms with van der Waals surface area (Å²) in [6, 6.07) is 6.68. The predicted molar refractivity (Wildman–Crippen MR) is 56.1 cm³/mol. The molecule has 1 heterocycles. The van der Waals surface area contributed by atoms with Crippen LogP contribution in [-0.2, 0) is 9.63 Å². The third-order valence-corrected chi connectivity index (χ3v) is 2.76. The Morgan fingerprint density at radius 2 is 2.00 bits per heavy atom. The lowest BCUT2D eigenvalue weighted by molar-refractivity contribution is -0.200. The summed E-state index contributed by atoms with van der Waals surface area (Å²) < 4.78 is 36.1. The van der Waals surface area contributed by atoms with E-state index in [1.165, 1.54) is 23.4 Å². The monoisotopic (exact) mass is 261 g/mol. The minimum atomic E-state index is -5.01. The van der Waals surface area contributed by atoms with Crippen LogP contribution in [0.15, 0.2) is 40.8 Å². The normalized spacial score (nSPS) is 14.4. The zero-order valence-electron chi connectivity index (χ0n) is 8.27. The van der Waals surface area contributed by atoms with E-state index in [1.54, 1.807) is 24.3 Å². The molecule has 0 atom stereocenters. The summed E-state index contributed by atoms with van der Waals surface area (Å²) in [5.41, 5.74) is 0.401. The average molecular weight is 261 g/mol. The van der Waals surface area contributed by atoms with Gasteiger partial charge in [0.25, 0.3) is 0 Å². The number of rotatable bonds is 1. The van der Waals surface area contributed by atoms with Crippen molar-refractivity contribution in [1.82, 2.24) is 0 Å². The fraction of sp³-hybridized carbons (Fsp3) is 0.100. The summed E-state index contributed by atoms with van der Waals surface area (Å²) >= 11 is 1.33. The first kappa shape index (κ1) is 11.8. The molecular weight excluding hydrogens is 255 g/mol. The highest BCUT2D eigenvalue weighted by atomic mass is 32.2. The molecule has 7 heteroatoms. The highest BCUT2D eigenvalue weighted by Gasteiger charge is 2.43. The van der Waals surface area contributed by atoms with Crippen LogP contribution in [0.3, 0.4) is 0 Å². The lowest BCUT2D eigenvalue weighted by Gasteiger charge is -2.24. The summed E-state index contributed by atoms with van der Waals surface area (Å²) in [4.78, 5) is 15.7. The number of benzene rings is 1. The Bertz CT molecular complexity index is 473. The Labute approximate surface area is 98.8 Å². The molecule has 0 bridgehead atoms. The van der Waals surface area contributed by atoms with E-state index in [2.05, 4.69) is 4.84 Å². The van der Waals surface area contributed by atoms with Gasteiger partial charge in [-0.05, 0) is 17.5 Å². The number of carbonyl (C=O) groups is 1. The molecule has 0 unspecified atom stereocenters. The molecule has 1 aliphatic rings. The fourth-order valence-electron chi connectivity index (χ4n) is 1.20. The maximum Gasteiger partial charge on any atom is 0.493 e. The Hall–Kier alpha value is -1.63. The van der Waals surface area contributed by atoms with Crippen molar-refractivity contribution in [2.75, 3.05) is 5.06 Å². The number of thioether (sulfide) groups is 1. The molecule has 1 aliphatic heterocycles. The van der Waals surface area contributed by atoms with E-state index in [4.69, 9.17) is 0 Å². The van der Waals surface area contributed by atoms with Crippen molar-refractivity contribution in [2.45, 2.75) is 11.1 Å². The molecule has 0 N–H and O–H groups in total. The molecular formula is C10H6F3NO2S. The van der Waals surface area contributed by atoms with Gasteiger partial charge in [-0.1, -0.05) is 23.9 Å². The number of fused-ring (bicyclic) bond motifs is 1. The second kappa shape index (κ2) is 4.33. The molecule has 0 fully saturated rings. The molecule has 0 spiro atoms. The Morgan fingerprint density at radius 3 is 2.71 bits per heavy atom. The van der Waals surface area contributed by atoms with Crippen LogP contribution in [0.25, 0.3) is 0 Å². The van der Waals surface area contributed by atoms with Crippen molar-refractivity contribution in [3.8, 4) is 0 Å². The molecule has 0 saturated heterocycles. The van der Waals surface area contributed by atoms with E-state index in [0.29, 0.717) is 10.6 Å². The standard InChI is InChI=1S/C10H6F3NO2S/c11-10(12,13)9(15)16-14-5-6-17-8-4-2-1-3-7(8)14/h1-6H. The smallest absolute Gasteiger partial charge is 0.328 e. The van der Waals surface area contributed by atoms with Crippen molar-refractivity contribution in [2.24, 2.45) is 0 Å². The van der Waals surface area contributed by atoms with Crippen molar-refractivity contribution >= 4 is 23.4 Å². The van der Waals surface area contributed by atoms with Crippen LogP contribution in [0.4, 0.5) is 18.9 Å². The van der Waals surface area contributed by atoms with E-state index >= 15 is 0 Å². The van der Waals surface area contributed by atoms with Crippen LogP contribution < -0.4 is 5.06 Å². The second-order valence-corrected chi connectivity index (χ2v) is 4.02. The number of nitrogens with zero attached hydrogens (tertiary/aromatic N) is 1. The molecule has 90 valence electrons. The molecule has 17 heavy (non-hydrogen) atoms. The summed E-state index contributed by atoms with van der Waals surface area (Å²) in [5.74, 6) is -2.25. The van der Waals surface area contributed by atoms with Gasteiger partial charge in [-0.25, -0.2) is 4.79 Å². The molecule has 2 rings (SSSR count). The Morgan fingerprint density at radius 1 is 1.29 bits per heavy atom. The Kier molecular flexibility index (Phi) is 3.01. The zero-order valence-corrected chi connectivity index (χ0v) is 9.09. The van der Waals surface area contributed by atoms with Crippen molar-refractivity contribution in [3.63, 3.8) is 0 Å². The van der Waals surface area contributed by atoms with E-state index in [-0.39, 0.29) is 0 Å². The van der Waals surface area contributed by atoms with Gasteiger partial charge in [0, 0.05) is 4.90 Å². The van der Waals surface area contributed by atoms with Crippen LogP contribution >= 0.6 is 11.8 Å². The number of anilines is 1. The third kappa shape index (κ3) is 2.55. The lowest BCUT2D eigenvalue weighted by Crippen LogP contribution is -2.32. The molecule has 0 aromatic heterocycles. The molecule has 0 saturated carbocycles. The largest absolute Gasteiger partial charge is 0.493 e. The highest BCUT2D eigenvalue weighted by Crippen LogP contribution is 2.35. The topological polar surface area (TPSA) is 29.5 Å². The summed E-state index contributed by atoms with van der Waals surface area (Å²) in [6.07, 6.45) is -3.75. The molecule has 0 aliphatic carbocycles. The van der Waals surface area contributed by atoms with Gasteiger partial charge < -0.3 is 4.84 Å².